The van der Waals surface area contributed by atoms with Crippen molar-refractivity contribution >= 4 is 23.4 Å². The molecule has 1 aromatic heterocycles. The Morgan fingerprint density at radius 3 is 2.39 bits per heavy atom. The summed E-state index contributed by atoms with van der Waals surface area (Å²) in [5.74, 6) is 0.409. The van der Waals surface area contributed by atoms with Crippen LogP contribution in [0.5, 0.6) is 5.75 Å². The van der Waals surface area contributed by atoms with Crippen LogP contribution in [0.25, 0.3) is 11.5 Å². The number of rotatable bonds is 7. The predicted molar refractivity (Wildman–Crippen MR) is 116 cm³/mol. The lowest BCUT2D eigenvalue weighted by atomic mass is 10.1. The number of thioether (sulfide) groups is 1. The van der Waals surface area contributed by atoms with Gasteiger partial charge in [-0.2, -0.15) is 0 Å². The molecule has 1 amide bonds. The summed E-state index contributed by atoms with van der Waals surface area (Å²) < 4.78 is 24.1. The van der Waals surface area contributed by atoms with Gasteiger partial charge in [0.15, 0.2) is 0 Å². The number of carbonyl (C=O) groups is 1. The third-order valence-corrected chi connectivity index (χ3v) is 5.50. The number of carbonyl (C=O) groups excluding carboxylic acids is 1. The number of nitrogens with zero attached hydrogens (tertiary/aromatic N) is 2. The average molecular weight is 435 g/mol. The van der Waals surface area contributed by atoms with Crippen LogP contribution in [0.4, 0.5) is 10.1 Å². The molecule has 0 aliphatic heterocycles. The van der Waals surface area contributed by atoms with Crippen LogP contribution in [-0.2, 0) is 4.79 Å². The van der Waals surface area contributed by atoms with Crippen LogP contribution in [0.3, 0.4) is 0 Å². The quantitative estimate of drug-likeness (QED) is 0.394. The van der Waals surface area contributed by atoms with Gasteiger partial charge in [0.2, 0.25) is 11.8 Å². The number of anilines is 1. The van der Waals surface area contributed by atoms with Crippen molar-refractivity contribution in [1.29, 1.82) is 0 Å². The molecule has 6 nitrogen and oxygen atoms in total. The first-order valence-corrected chi connectivity index (χ1v) is 10.3. The molecule has 0 saturated heterocycles. The van der Waals surface area contributed by atoms with E-state index in [4.69, 9.17) is 9.15 Å². The summed E-state index contributed by atoms with van der Waals surface area (Å²) in [5.41, 5.74) is 2.01. The third kappa shape index (κ3) is 5.10. The van der Waals surface area contributed by atoms with E-state index in [1.54, 1.807) is 19.2 Å². The summed E-state index contributed by atoms with van der Waals surface area (Å²) in [6.45, 7) is 0. The molecular formula is C23H18FN3O3S. The third-order valence-electron chi connectivity index (χ3n) is 4.41. The van der Waals surface area contributed by atoms with Crippen molar-refractivity contribution in [3.8, 4) is 17.2 Å². The highest BCUT2D eigenvalue weighted by Crippen LogP contribution is 2.36. The molecule has 0 radical (unpaired) electrons. The van der Waals surface area contributed by atoms with Gasteiger partial charge in [-0.1, -0.05) is 30.3 Å². The van der Waals surface area contributed by atoms with Crippen molar-refractivity contribution in [1.82, 2.24) is 10.2 Å². The van der Waals surface area contributed by atoms with Gasteiger partial charge < -0.3 is 14.5 Å². The van der Waals surface area contributed by atoms with Crippen molar-refractivity contribution < 1.29 is 18.3 Å². The maximum atomic E-state index is 13.2. The second-order valence-electron chi connectivity index (χ2n) is 6.51. The van der Waals surface area contributed by atoms with E-state index in [2.05, 4.69) is 15.5 Å². The number of hydrogen-bond donors (Lipinski definition) is 1. The van der Waals surface area contributed by atoms with E-state index in [1.165, 1.54) is 24.3 Å². The molecule has 8 heteroatoms. The van der Waals surface area contributed by atoms with Crippen molar-refractivity contribution in [2.24, 2.45) is 0 Å². The van der Waals surface area contributed by atoms with Crippen LogP contribution in [0.15, 0.2) is 88.5 Å². The van der Waals surface area contributed by atoms with Gasteiger partial charge in [-0.15, -0.1) is 10.2 Å². The van der Waals surface area contributed by atoms with Crippen LogP contribution in [0.2, 0.25) is 0 Å². The van der Waals surface area contributed by atoms with E-state index in [-0.39, 0.29) is 16.9 Å². The molecule has 0 saturated carbocycles. The maximum Gasteiger partial charge on any atom is 0.277 e. The lowest BCUT2D eigenvalue weighted by Gasteiger charge is -2.15. The van der Waals surface area contributed by atoms with Gasteiger partial charge >= 0.3 is 0 Å². The number of ether oxygens (including phenoxy) is 1. The van der Waals surface area contributed by atoms with Gasteiger partial charge in [-0.05, 0) is 65.9 Å². The second kappa shape index (κ2) is 9.44. The molecule has 1 heterocycles. The number of aromatic nitrogens is 2. The van der Waals surface area contributed by atoms with Gasteiger partial charge in [-0.25, -0.2) is 4.39 Å². The number of halogens is 1. The van der Waals surface area contributed by atoms with Gasteiger partial charge in [0, 0.05) is 11.3 Å². The zero-order chi connectivity index (χ0) is 21.6. The zero-order valence-corrected chi connectivity index (χ0v) is 17.3. The molecular weight excluding hydrogens is 417 g/mol. The van der Waals surface area contributed by atoms with Crippen LogP contribution >= 0.6 is 11.8 Å². The van der Waals surface area contributed by atoms with Crippen LogP contribution in [-0.4, -0.2) is 23.2 Å². The molecule has 156 valence electrons. The minimum atomic E-state index is -0.643. The lowest BCUT2D eigenvalue weighted by molar-refractivity contribution is -0.115. The first-order chi connectivity index (χ1) is 15.1. The van der Waals surface area contributed by atoms with Crippen molar-refractivity contribution in [2.75, 3.05) is 12.4 Å². The second-order valence-corrected chi connectivity index (χ2v) is 7.56. The van der Waals surface area contributed by atoms with Crippen molar-refractivity contribution in [3.05, 3.63) is 90.2 Å². The Hall–Kier alpha value is -3.65. The molecule has 0 aliphatic carbocycles. The molecule has 3 aromatic carbocycles. The first kappa shape index (κ1) is 20.6. The van der Waals surface area contributed by atoms with E-state index in [0.29, 0.717) is 11.6 Å². The molecule has 31 heavy (non-hydrogen) atoms. The highest BCUT2D eigenvalue weighted by molar-refractivity contribution is 8.00. The fourth-order valence-corrected chi connectivity index (χ4v) is 3.73. The standard InChI is InChI=1S/C23H18FN3O3S/c1-29-19-13-7-16(8-14-19)22-26-27-23(30-22)31-20(15-5-3-2-4-6-15)21(28)25-18-11-9-17(24)10-12-18/h2-14,20H,1H3,(H,25,28). The van der Waals surface area contributed by atoms with Gasteiger partial charge in [-0.3, -0.25) is 4.79 Å². The van der Waals surface area contributed by atoms with E-state index in [1.807, 2.05) is 42.5 Å². The zero-order valence-electron chi connectivity index (χ0n) is 16.5. The molecule has 0 fully saturated rings. The lowest BCUT2D eigenvalue weighted by Crippen LogP contribution is -2.19. The van der Waals surface area contributed by atoms with Crippen LogP contribution < -0.4 is 10.1 Å². The smallest absolute Gasteiger partial charge is 0.277 e. The first-order valence-electron chi connectivity index (χ1n) is 9.38. The molecule has 4 aromatic rings. The molecule has 1 atom stereocenters. The van der Waals surface area contributed by atoms with Gasteiger partial charge in [0.1, 0.15) is 16.8 Å². The van der Waals surface area contributed by atoms with Gasteiger partial charge in [0.25, 0.3) is 5.22 Å². The normalized spacial score (nSPS) is 11.7. The molecule has 1 N–H and O–H groups in total. The largest absolute Gasteiger partial charge is 0.497 e. The Labute approximate surface area is 182 Å². The van der Waals surface area contributed by atoms with Gasteiger partial charge in [0.05, 0.1) is 7.11 Å². The summed E-state index contributed by atoms with van der Waals surface area (Å²) in [7, 11) is 1.59. The maximum absolute atomic E-state index is 13.2. The molecule has 1 unspecified atom stereocenters. The SMILES string of the molecule is COc1ccc(-c2nnc(SC(C(=O)Nc3ccc(F)cc3)c3ccccc3)o2)cc1. The summed E-state index contributed by atoms with van der Waals surface area (Å²) in [6, 6.07) is 22.1. The monoisotopic (exact) mass is 435 g/mol. The summed E-state index contributed by atoms with van der Waals surface area (Å²) >= 11 is 1.14. The van der Waals surface area contributed by atoms with E-state index in [0.717, 1.165) is 28.6 Å². The highest BCUT2D eigenvalue weighted by Gasteiger charge is 2.25. The Morgan fingerprint density at radius 2 is 1.71 bits per heavy atom. The van der Waals surface area contributed by atoms with Crippen LogP contribution in [0.1, 0.15) is 10.8 Å². The van der Waals surface area contributed by atoms with Crippen molar-refractivity contribution in [3.63, 3.8) is 0 Å². The Balaban J connectivity index is 1.55. The molecule has 4 rings (SSSR count). The minimum Gasteiger partial charge on any atom is -0.497 e. The van der Waals surface area contributed by atoms with E-state index >= 15 is 0 Å². The molecule has 0 spiro atoms. The van der Waals surface area contributed by atoms with E-state index < -0.39 is 5.25 Å². The summed E-state index contributed by atoms with van der Waals surface area (Å²) in [6.07, 6.45) is 0. The Morgan fingerprint density at radius 1 is 1.00 bits per heavy atom. The Bertz CT molecular complexity index is 1150. The fraction of sp³-hybridized carbons (Fsp3) is 0.0870. The van der Waals surface area contributed by atoms with E-state index in [9.17, 15) is 9.18 Å². The molecule has 0 bridgehead atoms. The summed E-state index contributed by atoms with van der Waals surface area (Å²) in [5, 5.41) is 10.6. The van der Waals surface area contributed by atoms with Crippen LogP contribution in [0, 0.1) is 5.82 Å². The Kier molecular flexibility index (Phi) is 6.28. The minimum absolute atomic E-state index is 0.258. The number of amides is 1. The fourth-order valence-electron chi connectivity index (χ4n) is 2.85. The number of hydrogen-bond acceptors (Lipinski definition) is 6. The van der Waals surface area contributed by atoms with Crippen molar-refractivity contribution in [2.45, 2.75) is 10.5 Å². The highest BCUT2D eigenvalue weighted by atomic mass is 32.2. The molecule has 0 aliphatic rings. The number of nitrogens with one attached hydrogen (secondary N) is 1. The number of methoxy groups -OCH3 is 1. The average Bonchev–Trinajstić information content (AvgIpc) is 3.28. The topological polar surface area (TPSA) is 77.2 Å². The summed E-state index contributed by atoms with van der Waals surface area (Å²) in [4.78, 5) is 13.0. The number of benzene rings is 3. The predicted octanol–water partition coefficient (Wildman–Crippen LogP) is 5.36.